The van der Waals surface area contributed by atoms with Crippen LogP contribution in [0.5, 0.6) is 0 Å². The number of benzene rings is 1. The Morgan fingerprint density at radius 2 is 1.95 bits per heavy atom. The molecule has 2 aromatic rings. The second-order valence-electron chi connectivity index (χ2n) is 3.98. The van der Waals surface area contributed by atoms with Crippen LogP contribution in [0.3, 0.4) is 0 Å². The number of carbonyl (C=O) groups is 1. The minimum absolute atomic E-state index is 0.124. The van der Waals surface area contributed by atoms with Crippen LogP contribution in [0, 0.1) is 0 Å². The van der Waals surface area contributed by atoms with Crippen LogP contribution in [-0.2, 0) is 0 Å². The van der Waals surface area contributed by atoms with Gasteiger partial charge in [-0.05, 0) is 12.1 Å². The fraction of sp³-hybridized carbons (Fsp3) is 0.154. The van der Waals surface area contributed by atoms with Crippen molar-refractivity contribution in [2.45, 2.75) is 0 Å². The summed E-state index contributed by atoms with van der Waals surface area (Å²) >= 11 is 5.77. The van der Waals surface area contributed by atoms with Crippen LogP contribution in [0.2, 0.25) is 5.15 Å². The van der Waals surface area contributed by atoms with Crippen molar-refractivity contribution in [2.75, 3.05) is 24.1 Å². The molecule has 0 aliphatic heterocycles. The number of nitrogen functional groups attached to an aromatic ring is 1. The average Bonchev–Trinajstić information content (AvgIpc) is 2.48. The molecule has 0 bridgehead atoms. The van der Waals surface area contributed by atoms with Crippen molar-refractivity contribution in [3.63, 3.8) is 0 Å². The normalized spacial score (nSPS) is 10.1. The lowest BCUT2D eigenvalue weighted by Crippen LogP contribution is -2.29. The van der Waals surface area contributed by atoms with Gasteiger partial charge in [0.05, 0.1) is 0 Å². The maximum Gasteiger partial charge on any atom is 0.251 e. The number of carbonyl (C=O) groups excluding carboxylic acids is 1. The van der Waals surface area contributed by atoms with Gasteiger partial charge in [0.15, 0.2) is 11.0 Å². The Morgan fingerprint density at radius 3 is 2.70 bits per heavy atom. The highest BCUT2D eigenvalue weighted by atomic mass is 35.5. The topological polar surface area (TPSA) is 92.9 Å². The van der Waals surface area contributed by atoms with Crippen LogP contribution in [-0.4, -0.2) is 29.0 Å². The van der Waals surface area contributed by atoms with E-state index in [0.717, 1.165) is 0 Å². The second-order valence-corrected chi connectivity index (χ2v) is 4.33. The molecule has 0 radical (unpaired) electrons. The smallest absolute Gasteiger partial charge is 0.251 e. The Bertz CT molecular complexity index is 591. The van der Waals surface area contributed by atoms with Crippen LogP contribution >= 0.6 is 11.6 Å². The summed E-state index contributed by atoms with van der Waals surface area (Å²) in [4.78, 5) is 19.5. The molecule has 7 heteroatoms. The number of nitrogens with one attached hydrogen (secondary N) is 2. The summed E-state index contributed by atoms with van der Waals surface area (Å²) in [6.45, 7) is 0.922. The van der Waals surface area contributed by atoms with E-state index in [1.165, 1.54) is 6.33 Å². The average molecular weight is 292 g/mol. The molecule has 0 aliphatic carbocycles. The number of aromatic nitrogens is 2. The number of halogens is 1. The zero-order chi connectivity index (χ0) is 14.4. The highest BCUT2D eigenvalue weighted by molar-refractivity contribution is 6.32. The van der Waals surface area contributed by atoms with Crippen LogP contribution in [0.15, 0.2) is 36.7 Å². The number of nitrogens with two attached hydrogens (primary N) is 1. The Hall–Kier alpha value is -2.34. The van der Waals surface area contributed by atoms with Gasteiger partial charge in [-0.15, -0.1) is 0 Å². The summed E-state index contributed by atoms with van der Waals surface area (Å²) in [5.41, 5.74) is 6.63. The third kappa shape index (κ3) is 3.58. The van der Waals surface area contributed by atoms with Gasteiger partial charge in [0, 0.05) is 18.7 Å². The van der Waals surface area contributed by atoms with Crippen molar-refractivity contribution >= 4 is 29.0 Å². The van der Waals surface area contributed by atoms with E-state index < -0.39 is 0 Å². The maximum absolute atomic E-state index is 11.8. The lowest BCUT2D eigenvalue weighted by atomic mass is 10.2. The molecule has 0 aliphatic rings. The molecule has 0 fully saturated rings. The minimum atomic E-state index is -0.124. The maximum atomic E-state index is 11.8. The zero-order valence-electron chi connectivity index (χ0n) is 10.6. The van der Waals surface area contributed by atoms with Crippen molar-refractivity contribution in [3.8, 4) is 0 Å². The molecule has 6 nitrogen and oxygen atoms in total. The van der Waals surface area contributed by atoms with Gasteiger partial charge in [-0.3, -0.25) is 4.79 Å². The van der Waals surface area contributed by atoms with E-state index >= 15 is 0 Å². The standard InChI is InChI=1S/C13H14ClN5O/c14-11-10(15)12(19-8-18-11)16-6-7-17-13(20)9-4-2-1-3-5-9/h1-5,8H,6-7,15H2,(H,17,20)(H,16,18,19). The fourth-order valence-electron chi connectivity index (χ4n) is 1.56. The van der Waals surface area contributed by atoms with Crippen LogP contribution in [0.25, 0.3) is 0 Å². The molecule has 104 valence electrons. The van der Waals surface area contributed by atoms with Gasteiger partial charge >= 0.3 is 0 Å². The molecule has 1 amide bonds. The second kappa shape index (κ2) is 6.72. The third-order valence-electron chi connectivity index (χ3n) is 2.57. The molecule has 0 saturated carbocycles. The molecule has 4 N–H and O–H groups in total. The van der Waals surface area contributed by atoms with E-state index in [1.54, 1.807) is 12.1 Å². The Kier molecular flexibility index (Phi) is 4.73. The Balaban J connectivity index is 1.80. The molecule has 0 saturated heterocycles. The van der Waals surface area contributed by atoms with Crippen molar-refractivity contribution in [1.29, 1.82) is 0 Å². The summed E-state index contributed by atoms with van der Waals surface area (Å²) in [6.07, 6.45) is 1.32. The first-order chi connectivity index (χ1) is 9.68. The first-order valence-corrected chi connectivity index (χ1v) is 6.39. The van der Waals surface area contributed by atoms with E-state index in [0.29, 0.717) is 30.2 Å². The molecule has 20 heavy (non-hydrogen) atoms. The molecule has 0 atom stereocenters. The van der Waals surface area contributed by atoms with Gasteiger partial charge in [-0.1, -0.05) is 29.8 Å². The minimum Gasteiger partial charge on any atom is -0.393 e. The van der Waals surface area contributed by atoms with Crippen molar-refractivity contribution in [3.05, 3.63) is 47.4 Å². The molecule has 1 aromatic heterocycles. The number of rotatable bonds is 5. The number of hydrogen-bond donors (Lipinski definition) is 3. The monoisotopic (exact) mass is 291 g/mol. The molecule has 0 spiro atoms. The lowest BCUT2D eigenvalue weighted by Gasteiger charge is -2.09. The third-order valence-corrected chi connectivity index (χ3v) is 2.88. The molecule has 1 aromatic carbocycles. The van der Waals surface area contributed by atoms with E-state index in [-0.39, 0.29) is 11.1 Å². The van der Waals surface area contributed by atoms with Gasteiger partial charge in [0.25, 0.3) is 5.91 Å². The first-order valence-electron chi connectivity index (χ1n) is 6.01. The Morgan fingerprint density at radius 1 is 1.20 bits per heavy atom. The van der Waals surface area contributed by atoms with Gasteiger partial charge in [0.1, 0.15) is 12.0 Å². The SMILES string of the molecule is Nc1c(Cl)ncnc1NCCNC(=O)c1ccccc1. The van der Waals surface area contributed by atoms with Crippen LogP contribution in [0.4, 0.5) is 11.5 Å². The molecule has 2 rings (SSSR count). The van der Waals surface area contributed by atoms with Crippen molar-refractivity contribution in [2.24, 2.45) is 0 Å². The van der Waals surface area contributed by atoms with E-state index in [9.17, 15) is 4.79 Å². The summed E-state index contributed by atoms with van der Waals surface area (Å²) in [5.74, 6) is 0.333. The Labute approximate surface area is 121 Å². The fourth-order valence-corrected chi connectivity index (χ4v) is 1.70. The van der Waals surface area contributed by atoms with Crippen LogP contribution < -0.4 is 16.4 Å². The van der Waals surface area contributed by atoms with Crippen molar-refractivity contribution < 1.29 is 4.79 Å². The first kappa shape index (κ1) is 14.1. The summed E-state index contributed by atoms with van der Waals surface area (Å²) in [5, 5.41) is 5.97. The zero-order valence-corrected chi connectivity index (χ0v) is 11.4. The number of hydrogen-bond acceptors (Lipinski definition) is 5. The molecule has 1 heterocycles. The molecule has 0 unspecified atom stereocenters. The highest BCUT2D eigenvalue weighted by Crippen LogP contribution is 2.21. The quantitative estimate of drug-likeness (QED) is 0.574. The summed E-state index contributed by atoms with van der Waals surface area (Å²) in [6, 6.07) is 9.00. The lowest BCUT2D eigenvalue weighted by molar-refractivity contribution is 0.0955. The predicted octanol–water partition coefficient (Wildman–Crippen LogP) is 1.55. The predicted molar refractivity (Wildman–Crippen MR) is 78.7 cm³/mol. The van der Waals surface area contributed by atoms with Crippen molar-refractivity contribution in [1.82, 2.24) is 15.3 Å². The number of nitrogens with zero attached hydrogens (tertiary/aromatic N) is 2. The van der Waals surface area contributed by atoms with Gasteiger partial charge in [-0.2, -0.15) is 0 Å². The summed E-state index contributed by atoms with van der Waals surface area (Å²) < 4.78 is 0. The largest absolute Gasteiger partial charge is 0.393 e. The molecular formula is C13H14ClN5O. The van der Waals surface area contributed by atoms with Gasteiger partial charge in [0.2, 0.25) is 0 Å². The van der Waals surface area contributed by atoms with Gasteiger partial charge < -0.3 is 16.4 Å². The van der Waals surface area contributed by atoms with Crippen LogP contribution in [0.1, 0.15) is 10.4 Å². The van der Waals surface area contributed by atoms with E-state index in [1.807, 2.05) is 18.2 Å². The number of anilines is 2. The highest BCUT2D eigenvalue weighted by Gasteiger charge is 2.06. The van der Waals surface area contributed by atoms with E-state index in [2.05, 4.69) is 20.6 Å². The number of amides is 1. The van der Waals surface area contributed by atoms with Gasteiger partial charge in [-0.25, -0.2) is 9.97 Å². The molecular weight excluding hydrogens is 278 g/mol. The summed E-state index contributed by atoms with van der Waals surface area (Å²) in [7, 11) is 0. The van der Waals surface area contributed by atoms with E-state index in [4.69, 9.17) is 17.3 Å².